The van der Waals surface area contributed by atoms with Crippen LogP contribution >= 0.6 is 0 Å². The van der Waals surface area contributed by atoms with Gasteiger partial charge in [-0.2, -0.15) is 0 Å². The van der Waals surface area contributed by atoms with Crippen molar-refractivity contribution in [3.05, 3.63) is 35.4 Å². The first-order valence-corrected chi connectivity index (χ1v) is 6.08. The van der Waals surface area contributed by atoms with Gasteiger partial charge in [0.2, 0.25) is 5.91 Å². The predicted molar refractivity (Wildman–Crippen MR) is 69.4 cm³/mol. The average molecular weight is 249 g/mol. The molecule has 0 aliphatic rings. The van der Waals surface area contributed by atoms with E-state index in [2.05, 4.69) is 5.32 Å². The molecule has 0 aliphatic heterocycles. The van der Waals surface area contributed by atoms with Gasteiger partial charge in [-0.1, -0.05) is 36.8 Å². The zero-order valence-electron chi connectivity index (χ0n) is 10.8. The van der Waals surface area contributed by atoms with Gasteiger partial charge in [-0.25, -0.2) is 0 Å². The van der Waals surface area contributed by atoms with E-state index in [1.54, 1.807) is 0 Å². The van der Waals surface area contributed by atoms with Crippen molar-refractivity contribution in [3.8, 4) is 0 Å². The van der Waals surface area contributed by atoms with Crippen molar-refractivity contribution in [3.63, 3.8) is 0 Å². The Labute approximate surface area is 107 Å². The number of carbonyl (C=O) groups excluding carboxylic acids is 1. The largest absolute Gasteiger partial charge is 0.481 e. The highest BCUT2D eigenvalue weighted by atomic mass is 16.4. The molecule has 0 saturated carbocycles. The summed E-state index contributed by atoms with van der Waals surface area (Å²) in [6, 6.07) is 7.44. The Balaban J connectivity index is 2.49. The number of carbonyl (C=O) groups is 2. The summed E-state index contributed by atoms with van der Waals surface area (Å²) in [5, 5.41) is 11.4. The van der Waals surface area contributed by atoms with Crippen LogP contribution in [-0.2, 0) is 16.0 Å². The summed E-state index contributed by atoms with van der Waals surface area (Å²) < 4.78 is 0. The Morgan fingerprint density at radius 2 is 1.89 bits per heavy atom. The minimum absolute atomic E-state index is 0.0316. The van der Waals surface area contributed by atoms with Crippen molar-refractivity contribution < 1.29 is 14.7 Å². The first kappa shape index (κ1) is 14.2. The highest BCUT2D eigenvalue weighted by Crippen LogP contribution is 2.05. The van der Waals surface area contributed by atoms with Crippen molar-refractivity contribution in [2.45, 2.75) is 39.2 Å². The fourth-order valence-corrected chi connectivity index (χ4v) is 1.68. The number of carboxylic acid groups (broad SMARTS) is 1. The summed E-state index contributed by atoms with van der Waals surface area (Å²) in [5.41, 5.74) is 2.08. The molecule has 0 heterocycles. The van der Waals surface area contributed by atoms with Crippen LogP contribution in [0.15, 0.2) is 24.3 Å². The van der Waals surface area contributed by atoms with E-state index in [0.29, 0.717) is 6.42 Å². The minimum Gasteiger partial charge on any atom is -0.481 e. The van der Waals surface area contributed by atoms with Crippen LogP contribution in [0.2, 0.25) is 0 Å². The number of nitrogens with one attached hydrogen (secondary N) is 1. The third-order valence-corrected chi connectivity index (χ3v) is 2.76. The van der Waals surface area contributed by atoms with Crippen molar-refractivity contribution >= 4 is 11.9 Å². The van der Waals surface area contributed by atoms with E-state index in [9.17, 15) is 9.59 Å². The molecule has 18 heavy (non-hydrogen) atoms. The summed E-state index contributed by atoms with van der Waals surface area (Å²) >= 11 is 0. The quantitative estimate of drug-likeness (QED) is 0.809. The van der Waals surface area contributed by atoms with Gasteiger partial charge in [0.1, 0.15) is 0 Å². The maximum Gasteiger partial charge on any atom is 0.305 e. The van der Waals surface area contributed by atoms with Gasteiger partial charge >= 0.3 is 5.97 Å². The Morgan fingerprint density at radius 3 is 2.39 bits per heavy atom. The van der Waals surface area contributed by atoms with Crippen molar-refractivity contribution in [2.24, 2.45) is 0 Å². The van der Waals surface area contributed by atoms with Crippen molar-refractivity contribution in [1.82, 2.24) is 5.32 Å². The summed E-state index contributed by atoms with van der Waals surface area (Å²) in [5.74, 6) is -1.02. The lowest BCUT2D eigenvalue weighted by Crippen LogP contribution is -2.36. The zero-order chi connectivity index (χ0) is 13.5. The molecule has 0 aliphatic carbocycles. The maximum atomic E-state index is 11.7. The second kappa shape index (κ2) is 6.79. The number of aryl methyl sites for hydroxylation is 1. The summed E-state index contributed by atoms with van der Waals surface area (Å²) in [6.07, 6.45) is 0.873. The second-order valence-electron chi connectivity index (χ2n) is 4.43. The Hall–Kier alpha value is -1.84. The molecule has 4 nitrogen and oxygen atoms in total. The van der Waals surface area contributed by atoms with Gasteiger partial charge in [-0.3, -0.25) is 9.59 Å². The monoisotopic (exact) mass is 249 g/mol. The number of carboxylic acids is 1. The lowest BCUT2D eigenvalue weighted by molar-refractivity contribution is -0.137. The van der Waals surface area contributed by atoms with Gasteiger partial charge in [-0.05, 0) is 18.9 Å². The number of aliphatic carboxylic acids is 1. The number of amides is 1. The van der Waals surface area contributed by atoms with Crippen LogP contribution in [0.5, 0.6) is 0 Å². The highest BCUT2D eigenvalue weighted by Gasteiger charge is 2.14. The topological polar surface area (TPSA) is 66.4 Å². The van der Waals surface area contributed by atoms with E-state index in [1.807, 2.05) is 38.1 Å². The molecular formula is C14H19NO3. The minimum atomic E-state index is -0.891. The highest BCUT2D eigenvalue weighted by molar-refractivity contribution is 5.79. The van der Waals surface area contributed by atoms with E-state index < -0.39 is 5.97 Å². The predicted octanol–water partition coefficient (Wildman–Crippen LogP) is 1.91. The van der Waals surface area contributed by atoms with Gasteiger partial charge in [0.25, 0.3) is 0 Å². The lowest BCUT2D eigenvalue weighted by Gasteiger charge is -2.14. The van der Waals surface area contributed by atoms with Gasteiger partial charge in [-0.15, -0.1) is 0 Å². The Morgan fingerprint density at radius 1 is 1.28 bits per heavy atom. The van der Waals surface area contributed by atoms with Crippen LogP contribution in [0, 0.1) is 6.92 Å². The maximum absolute atomic E-state index is 11.7. The molecule has 1 aromatic carbocycles. The Bertz CT molecular complexity index is 412. The molecular weight excluding hydrogens is 230 g/mol. The van der Waals surface area contributed by atoms with Crippen LogP contribution in [0.1, 0.15) is 30.9 Å². The molecule has 0 saturated heterocycles. The molecule has 1 atom stereocenters. The molecule has 1 aromatic rings. The standard InChI is InChI=1S/C14H19NO3/c1-3-12(9-14(17)18)15-13(16)8-11-6-4-10(2)5-7-11/h4-7,12H,3,8-9H2,1-2H3,(H,15,16)(H,17,18). The molecule has 0 bridgehead atoms. The number of benzene rings is 1. The molecule has 98 valence electrons. The average Bonchev–Trinajstić information content (AvgIpc) is 2.30. The van der Waals surface area contributed by atoms with Gasteiger partial charge < -0.3 is 10.4 Å². The fourth-order valence-electron chi connectivity index (χ4n) is 1.68. The van der Waals surface area contributed by atoms with E-state index in [-0.39, 0.29) is 24.8 Å². The van der Waals surface area contributed by atoms with E-state index >= 15 is 0 Å². The third kappa shape index (κ3) is 4.99. The molecule has 1 unspecified atom stereocenters. The fraction of sp³-hybridized carbons (Fsp3) is 0.429. The lowest BCUT2D eigenvalue weighted by atomic mass is 10.1. The SMILES string of the molecule is CCC(CC(=O)O)NC(=O)Cc1ccc(C)cc1. The first-order chi connectivity index (χ1) is 8.51. The number of hydrogen-bond donors (Lipinski definition) is 2. The van der Waals surface area contributed by atoms with Crippen molar-refractivity contribution in [2.75, 3.05) is 0 Å². The smallest absolute Gasteiger partial charge is 0.305 e. The molecule has 4 heteroatoms. The number of rotatable bonds is 6. The molecule has 0 fully saturated rings. The number of hydrogen-bond acceptors (Lipinski definition) is 2. The first-order valence-electron chi connectivity index (χ1n) is 6.08. The molecule has 0 aromatic heterocycles. The normalized spacial score (nSPS) is 11.9. The van der Waals surface area contributed by atoms with Gasteiger partial charge in [0.15, 0.2) is 0 Å². The third-order valence-electron chi connectivity index (χ3n) is 2.76. The molecule has 1 amide bonds. The van der Waals surface area contributed by atoms with E-state index in [4.69, 9.17) is 5.11 Å². The van der Waals surface area contributed by atoms with Gasteiger partial charge in [0, 0.05) is 6.04 Å². The zero-order valence-corrected chi connectivity index (χ0v) is 10.8. The van der Waals surface area contributed by atoms with E-state index in [1.165, 1.54) is 0 Å². The van der Waals surface area contributed by atoms with Crippen LogP contribution in [0.25, 0.3) is 0 Å². The van der Waals surface area contributed by atoms with Crippen molar-refractivity contribution in [1.29, 1.82) is 0 Å². The van der Waals surface area contributed by atoms with E-state index in [0.717, 1.165) is 11.1 Å². The second-order valence-corrected chi connectivity index (χ2v) is 4.43. The summed E-state index contributed by atoms with van der Waals surface area (Å²) in [4.78, 5) is 22.3. The molecule has 0 radical (unpaired) electrons. The molecule has 2 N–H and O–H groups in total. The molecule has 1 rings (SSSR count). The van der Waals surface area contributed by atoms with Gasteiger partial charge in [0.05, 0.1) is 12.8 Å². The summed E-state index contributed by atoms with van der Waals surface area (Å²) in [6.45, 7) is 3.85. The molecule has 0 spiro atoms. The Kier molecular flexibility index (Phi) is 5.36. The summed E-state index contributed by atoms with van der Waals surface area (Å²) in [7, 11) is 0. The van der Waals surface area contributed by atoms with Crippen LogP contribution in [0.4, 0.5) is 0 Å². The van der Waals surface area contributed by atoms with Crippen LogP contribution in [0.3, 0.4) is 0 Å². The van der Waals surface area contributed by atoms with Crippen LogP contribution < -0.4 is 5.32 Å². The van der Waals surface area contributed by atoms with Crippen LogP contribution in [-0.4, -0.2) is 23.0 Å².